The van der Waals surface area contributed by atoms with Gasteiger partial charge in [0.1, 0.15) is 10.7 Å². The van der Waals surface area contributed by atoms with Crippen LogP contribution in [-0.2, 0) is 10.7 Å². The highest BCUT2D eigenvalue weighted by molar-refractivity contribution is 7.72. The molecule has 0 rings (SSSR count). The summed E-state index contributed by atoms with van der Waals surface area (Å²) in [5.41, 5.74) is 0. The summed E-state index contributed by atoms with van der Waals surface area (Å²) in [5, 5.41) is 0. The molecule has 0 heterocycles. The topological polar surface area (TPSA) is 34.1 Å². The van der Waals surface area contributed by atoms with Crippen molar-refractivity contribution < 1.29 is 8.42 Å². The van der Waals surface area contributed by atoms with E-state index in [9.17, 15) is 8.42 Å². The van der Waals surface area contributed by atoms with Crippen LogP contribution in [0.1, 0.15) is 20.3 Å². The summed E-state index contributed by atoms with van der Waals surface area (Å²) in [5.74, 6) is 0.843. The Kier molecular flexibility index (Phi) is 3.87. The SMILES string of the molecule is CC(C)CC[SH](=O)=O. The summed E-state index contributed by atoms with van der Waals surface area (Å²) in [6.07, 6.45) is 0.790. The normalized spacial score (nSPS) is 11.0. The van der Waals surface area contributed by atoms with E-state index in [0.29, 0.717) is 11.7 Å². The van der Waals surface area contributed by atoms with Crippen molar-refractivity contribution in [2.24, 2.45) is 5.92 Å². The molecule has 0 N–H and O–H groups in total. The first kappa shape index (κ1) is 7.95. The van der Waals surface area contributed by atoms with Gasteiger partial charge in [-0.3, -0.25) is 0 Å². The molecule has 8 heavy (non-hydrogen) atoms. The number of hydrogen-bond acceptors (Lipinski definition) is 2. The minimum absolute atomic E-state index is 0.340. The standard InChI is InChI=1S/C5H12O2S/c1-5(2)3-4-8(6)7/h5,8H,3-4H2,1-2H3. The van der Waals surface area contributed by atoms with Gasteiger partial charge in [-0.05, 0) is 12.3 Å². The highest BCUT2D eigenvalue weighted by Gasteiger charge is 1.92. The third-order valence-electron chi connectivity index (χ3n) is 0.889. The van der Waals surface area contributed by atoms with Gasteiger partial charge in [0.2, 0.25) is 0 Å². The van der Waals surface area contributed by atoms with E-state index >= 15 is 0 Å². The summed E-state index contributed by atoms with van der Waals surface area (Å²) in [6, 6.07) is 0. The maximum Gasteiger partial charge on any atom is 0.140 e. The molecular formula is C5H12O2S. The van der Waals surface area contributed by atoms with Gasteiger partial charge in [-0.25, -0.2) is 8.42 Å². The highest BCUT2D eigenvalue weighted by atomic mass is 32.2. The van der Waals surface area contributed by atoms with Crippen LogP contribution in [-0.4, -0.2) is 14.2 Å². The fourth-order valence-electron chi connectivity index (χ4n) is 0.364. The minimum atomic E-state index is -2.13. The Hall–Kier alpha value is -0.0500. The van der Waals surface area contributed by atoms with Gasteiger partial charge in [-0.1, -0.05) is 13.8 Å². The molecule has 0 saturated heterocycles. The Morgan fingerprint density at radius 3 is 2.00 bits per heavy atom. The summed E-state index contributed by atoms with van der Waals surface area (Å²) in [7, 11) is -2.13. The summed E-state index contributed by atoms with van der Waals surface area (Å²) in [4.78, 5) is 0. The molecule has 0 aromatic rings. The smallest absolute Gasteiger partial charge is 0.140 e. The van der Waals surface area contributed by atoms with Crippen molar-refractivity contribution >= 4 is 10.7 Å². The Bertz CT molecular complexity index is 108. The van der Waals surface area contributed by atoms with Crippen molar-refractivity contribution in [3.8, 4) is 0 Å². The van der Waals surface area contributed by atoms with Crippen LogP contribution in [0.2, 0.25) is 0 Å². The summed E-state index contributed by atoms with van der Waals surface area (Å²) >= 11 is 0. The maximum atomic E-state index is 9.94. The minimum Gasteiger partial charge on any atom is -0.232 e. The van der Waals surface area contributed by atoms with Gasteiger partial charge < -0.3 is 0 Å². The molecular weight excluding hydrogens is 124 g/mol. The second-order valence-corrected chi connectivity index (χ2v) is 3.35. The predicted molar refractivity (Wildman–Crippen MR) is 34.6 cm³/mol. The van der Waals surface area contributed by atoms with Crippen molar-refractivity contribution in [2.75, 3.05) is 5.75 Å². The molecule has 0 unspecified atom stereocenters. The Morgan fingerprint density at radius 1 is 1.38 bits per heavy atom. The molecule has 0 amide bonds. The molecule has 50 valence electrons. The van der Waals surface area contributed by atoms with Crippen LogP contribution in [0, 0.1) is 5.92 Å². The molecule has 0 bridgehead atoms. The largest absolute Gasteiger partial charge is 0.232 e. The summed E-state index contributed by atoms with van der Waals surface area (Å²) < 4.78 is 19.9. The molecule has 0 aliphatic rings. The Balaban J connectivity index is 3.18. The lowest BCUT2D eigenvalue weighted by atomic mass is 10.2. The van der Waals surface area contributed by atoms with Crippen molar-refractivity contribution in [1.82, 2.24) is 0 Å². The van der Waals surface area contributed by atoms with Crippen molar-refractivity contribution in [3.05, 3.63) is 0 Å². The zero-order valence-corrected chi connectivity index (χ0v) is 6.15. The van der Waals surface area contributed by atoms with Crippen molar-refractivity contribution in [2.45, 2.75) is 20.3 Å². The lowest BCUT2D eigenvalue weighted by molar-refractivity contribution is 0.589. The molecule has 0 atom stereocenters. The van der Waals surface area contributed by atoms with Gasteiger partial charge in [0.05, 0.1) is 0 Å². The zero-order valence-electron chi connectivity index (χ0n) is 5.26. The molecule has 0 fully saturated rings. The second kappa shape index (κ2) is 3.89. The van der Waals surface area contributed by atoms with E-state index in [2.05, 4.69) is 0 Å². The maximum absolute atomic E-state index is 9.94. The quantitative estimate of drug-likeness (QED) is 0.578. The molecule has 0 aromatic heterocycles. The van der Waals surface area contributed by atoms with E-state index < -0.39 is 10.7 Å². The predicted octanol–water partition coefficient (Wildman–Crippen LogP) is 0.644. The monoisotopic (exact) mass is 136 g/mol. The average Bonchev–Trinajstić information content (AvgIpc) is 1.61. The van der Waals surface area contributed by atoms with Gasteiger partial charge in [-0.15, -0.1) is 0 Å². The summed E-state index contributed by atoms with van der Waals surface area (Å²) in [6.45, 7) is 4.03. The molecule has 0 saturated carbocycles. The molecule has 0 aliphatic heterocycles. The lowest BCUT2D eigenvalue weighted by Gasteiger charge is -1.95. The fraction of sp³-hybridized carbons (Fsp3) is 1.00. The Labute approximate surface area is 51.9 Å². The van der Waals surface area contributed by atoms with E-state index in [4.69, 9.17) is 0 Å². The number of hydrogen-bond donors (Lipinski definition) is 1. The first-order valence-electron chi connectivity index (χ1n) is 2.74. The van der Waals surface area contributed by atoms with Gasteiger partial charge in [0, 0.05) is 5.75 Å². The molecule has 2 nitrogen and oxygen atoms in total. The van der Waals surface area contributed by atoms with Crippen LogP contribution in [0.15, 0.2) is 0 Å². The molecule has 0 aliphatic carbocycles. The third-order valence-corrected chi connectivity index (χ3v) is 1.51. The van der Waals surface area contributed by atoms with Crippen LogP contribution in [0.3, 0.4) is 0 Å². The van der Waals surface area contributed by atoms with Gasteiger partial charge in [0.25, 0.3) is 0 Å². The van der Waals surface area contributed by atoms with Gasteiger partial charge in [-0.2, -0.15) is 0 Å². The highest BCUT2D eigenvalue weighted by Crippen LogP contribution is 1.97. The van der Waals surface area contributed by atoms with E-state index in [-0.39, 0.29) is 0 Å². The van der Waals surface area contributed by atoms with Crippen LogP contribution < -0.4 is 0 Å². The van der Waals surface area contributed by atoms with Crippen LogP contribution >= 0.6 is 0 Å². The second-order valence-electron chi connectivity index (χ2n) is 2.24. The van der Waals surface area contributed by atoms with E-state index in [0.717, 1.165) is 6.42 Å². The van der Waals surface area contributed by atoms with Crippen LogP contribution in [0.25, 0.3) is 0 Å². The van der Waals surface area contributed by atoms with Gasteiger partial charge in [0.15, 0.2) is 0 Å². The molecule has 0 radical (unpaired) electrons. The number of rotatable bonds is 3. The molecule has 0 aromatic carbocycles. The molecule has 0 spiro atoms. The van der Waals surface area contributed by atoms with E-state index in [1.807, 2.05) is 13.8 Å². The third kappa shape index (κ3) is 5.95. The fourth-order valence-corrected chi connectivity index (χ4v) is 1.09. The number of thiol groups is 1. The first-order valence-corrected chi connectivity index (χ1v) is 4.11. The first-order chi connectivity index (χ1) is 3.63. The van der Waals surface area contributed by atoms with E-state index in [1.54, 1.807) is 0 Å². The lowest BCUT2D eigenvalue weighted by Crippen LogP contribution is -1.93. The van der Waals surface area contributed by atoms with Crippen LogP contribution in [0.4, 0.5) is 0 Å². The molecule has 3 heteroatoms. The van der Waals surface area contributed by atoms with E-state index in [1.165, 1.54) is 0 Å². The average molecular weight is 136 g/mol. The van der Waals surface area contributed by atoms with Crippen molar-refractivity contribution in [1.29, 1.82) is 0 Å². The zero-order chi connectivity index (χ0) is 6.57. The van der Waals surface area contributed by atoms with Crippen LogP contribution in [0.5, 0.6) is 0 Å². The van der Waals surface area contributed by atoms with Crippen molar-refractivity contribution in [3.63, 3.8) is 0 Å². The van der Waals surface area contributed by atoms with Gasteiger partial charge >= 0.3 is 0 Å². The Morgan fingerprint density at radius 2 is 1.88 bits per heavy atom.